The molecule has 0 radical (unpaired) electrons. The summed E-state index contributed by atoms with van der Waals surface area (Å²) in [5.74, 6) is 0.544. The molecule has 1 aliphatic rings. The van der Waals surface area contributed by atoms with Crippen LogP contribution in [-0.2, 0) is 29.3 Å². The van der Waals surface area contributed by atoms with Crippen molar-refractivity contribution in [2.45, 2.75) is 43.0 Å². The van der Waals surface area contributed by atoms with Gasteiger partial charge >= 0.3 is 0 Å². The summed E-state index contributed by atoms with van der Waals surface area (Å²) in [7, 11) is -2.46. The molecule has 1 aromatic heterocycles. The number of benzene rings is 2. The van der Waals surface area contributed by atoms with Gasteiger partial charge in [-0.15, -0.1) is 11.3 Å². The third kappa shape index (κ3) is 5.81. The Bertz CT molecular complexity index is 1140. The molecule has 1 fully saturated rings. The first-order valence-corrected chi connectivity index (χ1v) is 15.1. The summed E-state index contributed by atoms with van der Waals surface area (Å²) in [6.07, 6.45) is 7.21. The maximum atomic E-state index is 13.3. The van der Waals surface area contributed by atoms with Crippen LogP contribution in [0.25, 0.3) is 0 Å². The molecule has 3 aromatic rings. The lowest BCUT2D eigenvalue weighted by Gasteiger charge is -2.32. The molecule has 0 saturated carbocycles. The molecule has 0 unspecified atom stereocenters. The number of nitrogens with two attached hydrogens (primary N) is 1. The molecule has 2 N–H and O–H groups in total. The summed E-state index contributed by atoms with van der Waals surface area (Å²) in [5, 5.41) is 0. The minimum absolute atomic E-state index is 0.0785. The molecule has 0 spiro atoms. The third-order valence-electron chi connectivity index (χ3n) is 6.50. The molecule has 0 bridgehead atoms. The van der Waals surface area contributed by atoms with E-state index < -0.39 is 9.93 Å². The van der Waals surface area contributed by atoms with Crippen molar-refractivity contribution in [3.63, 3.8) is 0 Å². The van der Waals surface area contributed by atoms with Gasteiger partial charge in [-0.25, -0.2) is 0 Å². The van der Waals surface area contributed by atoms with Gasteiger partial charge in [-0.05, 0) is 66.9 Å². The fourth-order valence-electron chi connectivity index (χ4n) is 4.61. The van der Waals surface area contributed by atoms with Crippen LogP contribution >= 0.6 is 11.3 Å². The van der Waals surface area contributed by atoms with Crippen molar-refractivity contribution in [1.29, 1.82) is 0 Å². The van der Waals surface area contributed by atoms with Gasteiger partial charge < -0.3 is 10.6 Å². The number of likely N-dealkylation sites (tertiary alicyclic amines) is 1. The summed E-state index contributed by atoms with van der Waals surface area (Å²) in [6, 6.07) is 20.7. The van der Waals surface area contributed by atoms with Crippen molar-refractivity contribution in [2.24, 2.45) is 5.73 Å². The summed E-state index contributed by atoms with van der Waals surface area (Å²) in [6.45, 7) is 2.05. The molecule has 6 heteroatoms. The quantitative estimate of drug-likeness (QED) is 0.482. The second-order valence-electron chi connectivity index (χ2n) is 9.27. The molecular formula is C27H34N2O2S2. The topological polar surface area (TPSA) is 63.4 Å². The fraction of sp³-hybridized carbons (Fsp3) is 0.370. The molecule has 1 amide bonds. The number of nitrogens with zero attached hydrogens (tertiary/aromatic N) is 1. The molecule has 2 aromatic carbocycles. The second-order valence-corrected chi connectivity index (χ2v) is 13.6. The molecule has 4 nitrogen and oxygen atoms in total. The number of thiophene rings is 1. The molecule has 2 heterocycles. The Morgan fingerprint density at radius 2 is 1.70 bits per heavy atom. The molecule has 0 atom stereocenters. The summed E-state index contributed by atoms with van der Waals surface area (Å²) in [4.78, 5) is 18.0. The van der Waals surface area contributed by atoms with Crippen LogP contribution in [0.2, 0.25) is 0 Å². The van der Waals surface area contributed by atoms with Crippen LogP contribution in [0.5, 0.6) is 0 Å². The van der Waals surface area contributed by atoms with Crippen LogP contribution in [0.15, 0.2) is 65.6 Å². The van der Waals surface area contributed by atoms with Crippen LogP contribution in [-0.4, -0.2) is 40.6 Å². The zero-order valence-corrected chi connectivity index (χ0v) is 21.2. The van der Waals surface area contributed by atoms with E-state index in [1.165, 1.54) is 22.5 Å². The number of carbonyl (C=O) groups excluding carboxylic acids is 1. The Hall–Kier alpha value is -2.28. The standard InChI is InChI=1S/C27H34N2O2S2/c1-33(2,31)26-18-25(32-24(26)12-11-20-7-4-3-5-8-20)27(30)29-15-13-22(14-16-29)23-10-6-9-21(17-23)19-28/h3-10,17-18,22,33H,11-16,19,28H2,1-2H3. The second kappa shape index (κ2) is 10.3. The predicted molar refractivity (Wildman–Crippen MR) is 140 cm³/mol. The summed E-state index contributed by atoms with van der Waals surface area (Å²) < 4.78 is 13.0. The SMILES string of the molecule is C[SH](C)(=O)c1cc(C(=O)N2CCC(c3cccc(CN)c3)CC2)sc1CCc1ccccc1. The minimum atomic E-state index is -2.46. The van der Waals surface area contributed by atoms with Crippen LogP contribution < -0.4 is 5.73 Å². The minimum Gasteiger partial charge on any atom is -0.338 e. The Kier molecular flexibility index (Phi) is 7.47. The Morgan fingerprint density at radius 3 is 2.36 bits per heavy atom. The van der Waals surface area contributed by atoms with Crippen LogP contribution in [0.3, 0.4) is 0 Å². The maximum Gasteiger partial charge on any atom is 0.263 e. The lowest BCUT2D eigenvalue weighted by Crippen LogP contribution is -2.37. The van der Waals surface area contributed by atoms with E-state index in [9.17, 15) is 9.00 Å². The highest BCUT2D eigenvalue weighted by Gasteiger charge is 2.27. The Morgan fingerprint density at radius 1 is 1.00 bits per heavy atom. The monoisotopic (exact) mass is 482 g/mol. The highest BCUT2D eigenvalue weighted by molar-refractivity contribution is 8.01. The lowest BCUT2D eigenvalue weighted by atomic mass is 9.88. The van der Waals surface area contributed by atoms with E-state index in [0.29, 0.717) is 12.5 Å². The molecule has 1 saturated heterocycles. The van der Waals surface area contributed by atoms with E-state index in [0.717, 1.165) is 59.0 Å². The van der Waals surface area contributed by atoms with Crippen molar-refractivity contribution in [3.8, 4) is 0 Å². The molecular weight excluding hydrogens is 448 g/mol. The maximum absolute atomic E-state index is 13.3. The van der Waals surface area contributed by atoms with Gasteiger partial charge in [0.1, 0.15) is 0 Å². The zero-order valence-electron chi connectivity index (χ0n) is 19.5. The third-order valence-corrected chi connectivity index (χ3v) is 9.39. The van der Waals surface area contributed by atoms with Crippen LogP contribution in [0, 0.1) is 0 Å². The average Bonchev–Trinajstić information content (AvgIpc) is 3.28. The van der Waals surface area contributed by atoms with Gasteiger partial charge in [-0.2, -0.15) is 0 Å². The number of rotatable bonds is 7. The van der Waals surface area contributed by atoms with E-state index in [-0.39, 0.29) is 5.91 Å². The van der Waals surface area contributed by atoms with Gasteiger partial charge in [-0.3, -0.25) is 9.00 Å². The fourth-order valence-corrected chi connectivity index (χ4v) is 7.67. The van der Waals surface area contributed by atoms with E-state index >= 15 is 0 Å². The molecule has 1 aliphatic heterocycles. The van der Waals surface area contributed by atoms with Gasteiger partial charge in [0, 0.05) is 29.4 Å². The largest absolute Gasteiger partial charge is 0.338 e. The molecule has 0 aliphatic carbocycles. The Balaban J connectivity index is 1.45. The molecule has 4 rings (SSSR count). The zero-order chi connectivity index (χ0) is 23.4. The first kappa shape index (κ1) is 23.9. The van der Waals surface area contributed by atoms with Gasteiger partial charge in [0.15, 0.2) is 0 Å². The van der Waals surface area contributed by atoms with Crippen molar-refractivity contribution >= 4 is 27.2 Å². The molecule has 176 valence electrons. The normalized spacial score (nSPS) is 15.5. The highest BCUT2D eigenvalue weighted by Crippen LogP contribution is 2.33. The smallest absolute Gasteiger partial charge is 0.263 e. The number of amides is 1. The number of hydrogen-bond acceptors (Lipinski definition) is 4. The van der Waals surface area contributed by atoms with Gasteiger partial charge in [0.2, 0.25) is 0 Å². The number of carbonyl (C=O) groups is 1. The number of thiol groups is 1. The number of piperidine rings is 1. The number of hydrogen-bond donors (Lipinski definition) is 2. The van der Waals surface area contributed by atoms with Crippen molar-refractivity contribution in [3.05, 3.63) is 87.1 Å². The first-order chi connectivity index (χ1) is 15.8. The van der Waals surface area contributed by atoms with Crippen molar-refractivity contribution < 1.29 is 9.00 Å². The van der Waals surface area contributed by atoms with Gasteiger partial charge in [0.25, 0.3) is 5.91 Å². The van der Waals surface area contributed by atoms with E-state index in [1.54, 1.807) is 12.5 Å². The van der Waals surface area contributed by atoms with Crippen molar-refractivity contribution in [2.75, 3.05) is 25.6 Å². The summed E-state index contributed by atoms with van der Waals surface area (Å²) >= 11 is 1.53. The number of aryl methyl sites for hydroxylation is 2. The summed E-state index contributed by atoms with van der Waals surface area (Å²) in [5.41, 5.74) is 9.54. The van der Waals surface area contributed by atoms with Crippen molar-refractivity contribution in [1.82, 2.24) is 4.90 Å². The van der Waals surface area contributed by atoms with E-state index in [2.05, 4.69) is 36.4 Å². The van der Waals surface area contributed by atoms with E-state index in [1.807, 2.05) is 29.2 Å². The van der Waals surface area contributed by atoms with Gasteiger partial charge in [0.05, 0.1) is 4.88 Å². The van der Waals surface area contributed by atoms with Gasteiger partial charge in [-0.1, -0.05) is 64.5 Å². The average molecular weight is 483 g/mol. The molecule has 33 heavy (non-hydrogen) atoms. The van der Waals surface area contributed by atoms with Crippen LogP contribution in [0.1, 0.15) is 50.0 Å². The highest BCUT2D eigenvalue weighted by atomic mass is 32.2. The first-order valence-electron chi connectivity index (χ1n) is 11.7. The predicted octanol–water partition coefficient (Wildman–Crippen LogP) is 4.65. The lowest BCUT2D eigenvalue weighted by molar-refractivity contribution is 0.0717. The van der Waals surface area contributed by atoms with E-state index in [4.69, 9.17) is 5.73 Å². The Labute approximate surface area is 202 Å². The van der Waals surface area contributed by atoms with Crippen LogP contribution in [0.4, 0.5) is 0 Å².